The number of fused-ring (bicyclic) bond motifs is 4. The number of aromatic nitrogens is 3. The van der Waals surface area contributed by atoms with E-state index in [1.807, 2.05) is 25.7 Å². The van der Waals surface area contributed by atoms with E-state index in [2.05, 4.69) is 53.6 Å². The second-order valence-electron chi connectivity index (χ2n) is 16.2. The van der Waals surface area contributed by atoms with E-state index in [0.29, 0.717) is 36.9 Å². The van der Waals surface area contributed by atoms with Gasteiger partial charge in [0.05, 0.1) is 23.0 Å². The minimum absolute atomic E-state index is 0.0389. The molecule has 4 fully saturated rings. The van der Waals surface area contributed by atoms with Crippen molar-refractivity contribution < 1.29 is 23.1 Å². The fourth-order valence-electron chi connectivity index (χ4n) is 7.50. The lowest BCUT2D eigenvalue weighted by atomic mass is 9.95. The van der Waals surface area contributed by atoms with E-state index in [9.17, 15) is 4.79 Å². The van der Waals surface area contributed by atoms with Crippen LogP contribution in [0.2, 0.25) is 23.3 Å². The average molecular weight is 677 g/mol. The number of pyridine rings is 1. The summed E-state index contributed by atoms with van der Waals surface area (Å²) in [6, 6.07) is 0.408. The number of carbonyl (C=O) groups is 1. The molecule has 0 aliphatic carbocycles. The van der Waals surface area contributed by atoms with Crippen molar-refractivity contribution in [2.24, 2.45) is 0 Å². The van der Waals surface area contributed by atoms with E-state index in [1.165, 1.54) is 6.20 Å². The third-order valence-corrected chi connectivity index (χ3v) is 15.7. The fraction of sp³-hybridized carbons (Fsp3) is 0.758. The molecule has 13 heteroatoms. The number of ether oxygens (including phenoxy) is 2. The molecule has 0 saturated carbocycles. The molecule has 0 spiro atoms. The molecular formula is C33H50ClFN6O4Si. The Morgan fingerprint density at radius 2 is 1.78 bits per heavy atom. The molecule has 0 N–H and O–H groups in total. The van der Waals surface area contributed by atoms with Crippen molar-refractivity contribution >= 4 is 42.7 Å². The maximum Gasteiger partial charge on any atom is 0.410 e. The Balaban J connectivity index is 1.22. The monoisotopic (exact) mass is 676 g/mol. The van der Waals surface area contributed by atoms with Crippen molar-refractivity contribution in [3.8, 4) is 6.01 Å². The first-order valence-corrected chi connectivity index (χ1v) is 20.1. The van der Waals surface area contributed by atoms with Crippen LogP contribution in [0.15, 0.2) is 6.20 Å². The van der Waals surface area contributed by atoms with Gasteiger partial charge in [0.15, 0.2) is 19.3 Å². The topological polar surface area (TPSA) is 93.2 Å². The Kier molecular flexibility index (Phi) is 8.77. The Bertz CT molecular complexity index is 1470. The van der Waals surface area contributed by atoms with Crippen molar-refractivity contribution in [3.05, 3.63) is 17.2 Å². The predicted octanol–water partition coefficient (Wildman–Crippen LogP) is 6.80. The van der Waals surface area contributed by atoms with E-state index in [0.717, 1.165) is 51.7 Å². The third-order valence-electron chi connectivity index (χ3n) is 10.9. The molecule has 0 aromatic carbocycles. The van der Waals surface area contributed by atoms with Crippen LogP contribution in [-0.4, -0.2) is 101 Å². The molecule has 4 aliphatic rings. The molecule has 4 saturated heterocycles. The highest BCUT2D eigenvalue weighted by Crippen LogP contribution is 2.44. The van der Waals surface area contributed by atoms with Crippen LogP contribution in [0, 0.1) is 5.82 Å². The van der Waals surface area contributed by atoms with Crippen molar-refractivity contribution in [2.75, 3.05) is 37.7 Å². The van der Waals surface area contributed by atoms with Crippen LogP contribution >= 0.6 is 11.6 Å². The highest BCUT2D eigenvalue weighted by Gasteiger charge is 2.51. The number of halogens is 2. The van der Waals surface area contributed by atoms with Crippen LogP contribution in [-0.2, 0) is 9.16 Å². The Hall–Kier alpha value is -2.28. The molecule has 0 radical (unpaired) electrons. The third kappa shape index (κ3) is 6.31. The van der Waals surface area contributed by atoms with Crippen LogP contribution in [0.3, 0.4) is 0 Å². The van der Waals surface area contributed by atoms with Crippen LogP contribution in [0.5, 0.6) is 6.01 Å². The first kappa shape index (κ1) is 33.6. The summed E-state index contributed by atoms with van der Waals surface area (Å²) >= 11 is 6.12. The van der Waals surface area contributed by atoms with Crippen LogP contribution < -0.4 is 9.64 Å². The number of anilines is 1. The maximum atomic E-state index is 15.4. The number of piperazine rings is 1. The summed E-state index contributed by atoms with van der Waals surface area (Å²) < 4.78 is 34.2. The molecule has 254 valence electrons. The fourth-order valence-corrected chi connectivity index (χ4v) is 8.68. The summed E-state index contributed by atoms with van der Waals surface area (Å²) in [6.07, 6.45) is 7.17. The minimum atomic E-state index is -1.86. The molecule has 6 heterocycles. The Labute approximate surface area is 278 Å². The lowest BCUT2D eigenvalue weighted by Gasteiger charge is -2.42. The van der Waals surface area contributed by atoms with Gasteiger partial charge in [0.25, 0.3) is 0 Å². The summed E-state index contributed by atoms with van der Waals surface area (Å²) in [7, 11) is -1.86. The minimum Gasteiger partial charge on any atom is -0.461 e. The molecule has 2 aromatic rings. The van der Waals surface area contributed by atoms with Gasteiger partial charge in [0, 0.05) is 31.9 Å². The van der Waals surface area contributed by atoms with Crippen molar-refractivity contribution in [2.45, 2.75) is 127 Å². The zero-order valence-electron chi connectivity index (χ0n) is 28.7. The van der Waals surface area contributed by atoms with Crippen LogP contribution in [0.25, 0.3) is 10.9 Å². The molecule has 1 amide bonds. The number of hydrogen-bond donors (Lipinski definition) is 0. The lowest BCUT2D eigenvalue weighted by molar-refractivity contribution is 0.0122. The highest BCUT2D eigenvalue weighted by atomic mass is 35.5. The standard InChI is InChI=1S/C33H50ClFN6O4Si/c1-31(2,3)45-30(42)41-21-10-11-22(41)18-39(17-21)28-24-16-36-27(34)25(35)26(24)37-29(38-28)43-20-33-13-9-15-40(33)23(12-14-33)19-44-46(7,8)32(4,5)6/h16,21-23H,9-15,17-20H2,1-8H3/t21?,22?,23-,33?/m1/s1. The number of rotatable bonds is 7. The second-order valence-corrected chi connectivity index (χ2v) is 21.4. The molecule has 4 atom stereocenters. The lowest BCUT2D eigenvalue weighted by Crippen LogP contribution is -2.57. The predicted molar refractivity (Wildman–Crippen MR) is 180 cm³/mol. The normalized spacial score (nSPS) is 27.0. The summed E-state index contributed by atoms with van der Waals surface area (Å²) in [6.45, 7) is 20.3. The van der Waals surface area contributed by atoms with Gasteiger partial charge in [-0.1, -0.05) is 32.4 Å². The largest absolute Gasteiger partial charge is 0.461 e. The summed E-state index contributed by atoms with van der Waals surface area (Å²) in [5.41, 5.74) is -0.599. The molecule has 3 unspecified atom stereocenters. The molecule has 10 nitrogen and oxygen atoms in total. The molecule has 46 heavy (non-hydrogen) atoms. The van der Waals surface area contributed by atoms with E-state index in [1.54, 1.807) is 0 Å². The summed E-state index contributed by atoms with van der Waals surface area (Å²) in [5.74, 6) is -0.135. The first-order chi connectivity index (χ1) is 21.5. The molecule has 2 bridgehead atoms. The van der Waals surface area contributed by atoms with E-state index < -0.39 is 19.7 Å². The quantitative estimate of drug-likeness (QED) is 0.232. The zero-order chi connectivity index (χ0) is 33.2. The second kappa shape index (κ2) is 12.0. The summed E-state index contributed by atoms with van der Waals surface area (Å²) in [5, 5.41) is 0.403. The van der Waals surface area contributed by atoms with Crippen molar-refractivity contribution in [1.29, 1.82) is 0 Å². The van der Waals surface area contributed by atoms with Gasteiger partial charge in [-0.25, -0.2) is 14.2 Å². The highest BCUT2D eigenvalue weighted by molar-refractivity contribution is 6.74. The van der Waals surface area contributed by atoms with Crippen LogP contribution in [0.4, 0.5) is 15.0 Å². The number of amides is 1. The van der Waals surface area contributed by atoms with Gasteiger partial charge in [0.2, 0.25) is 0 Å². The van der Waals surface area contributed by atoms with Gasteiger partial charge in [-0.15, -0.1) is 0 Å². The first-order valence-electron chi connectivity index (χ1n) is 16.8. The summed E-state index contributed by atoms with van der Waals surface area (Å²) in [4.78, 5) is 33.1. The van der Waals surface area contributed by atoms with Gasteiger partial charge in [-0.2, -0.15) is 9.97 Å². The van der Waals surface area contributed by atoms with Gasteiger partial charge in [0.1, 0.15) is 23.5 Å². The van der Waals surface area contributed by atoms with Crippen LogP contribution in [0.1, 0.15) is 80.1 Å². The van der Waals surface area contributed by atoms with Crippen molar-refractivity contribution in [1.82, 2.24) is 24.8 Å². The van der Waals surface area contributed by atoms with E-state index >= 15 is 4.39 Å². The molecule has 6 rings (SSSR count). The molecule has 4 aliphatic heterocycles. The van der Waals surface area contributed by atoms with Gasteiger partial charge < -0.3 is 18.8 Å². The van der Waals surface area contributed by atoms with Crippen molar-refractivity contribution in [3.63, 3.8) is 0 Å². The smallest absolute Gasteiger partial charge is 0.410 e. The van der Waals surface area contributed by atoms with E-state index in [4.69, 9.17) is 30.5 Å². The number of hydrogen-bond acceptors (Lipinski definition) is 9. The van der Waals surface area contributed by atoms with Gasteiger partial charge in [-0.05, 0) is 84.0 Å². The SMILES string of the molecule is CC(C)(C)OC(=O)N1C2CCC1CN(c1nc(OCC34CCCN3[C@@H](CO[Si](C)(C)C(C)(C)C)CC4)nc3c(F)c(Cl)ncc13)C2. The Morgan fingerprint density at radius 3 is 2.43 bits per heavy atom. The molecular weight excluding hydrogens is 627 g/mol. The maximum absolute atomic E-state index is 15.4. The average Bonchev–Trinajstić information content (AvgIpc) is 3.61. The van der Waals surface area contributed by atoms with Gasteiger partial charge >= 0.3 is 12.1 Å². The zero-order valence-corrected chi connectivity index (χ0v) is 30.4. The Morgan fingerprint density at radius 1 is 1.09 bits per heavy atom. The number of nitrogens with zero attached hydrogens (tertiary/aromatic N) is 6. The van der Waals surface area contributed by atoms with Gasteiger partial charge in [-0.3, -0.25) is 9.80 Å². The molecule has 2 aromatic heterocycles. The number of carbonyl (C=O) groups excluding carboxylic acids is 1. The van der Waals surface area contributed by atoms with E-state index in [-0.39, 0.29) is 45.4 Å².